The van der Waals surface area contributed by atoms with E-state index in [9.17, 15) is 4.79 Å². The molecule has 5 nitrogen and oxygen atoms in total. The minimum atomic E-state index is -0.160. The zero-order valence-electron chi connectivity index (χ0n) is 16.5. The summed E-state index contributed by atoms with van der Waals surface area (Å²) in [5, 5.41) is 8.55. The number of nitrogens with one attached hydrogen (secondary N) is 2. The molecule has 29 heavy (non-hydrogen) atoms. The van der Waals surface area contributed by atoms with Gasteiger partial charge in [-0.15, -0.1) is 11.3 Å². The van der Waals surface area contributed by atoms with E-state index in [1.165, 1.54) is 0 Å². The standard InChI is InChI=1S/C23H22N2O3S/c1-14-6-8-18-16(11-14)17(13-19(25-18)22-5-4-10-29-22)23(26)24-15-7-9-20(27-2)21(12-15)28-3/h4-13,18,25H,1-3H3,(H,24,26). The molecular formula is C23H22N2O3S. The first-order valence-corrected chi connectivity index (χ1v) is 10.1. The van der Waals surface area contributed by atoms with E-state index >= 15 is 0 Å². The van der Waals surface area contributed by atoms with E-state index in [0.717, 1.165) is 21.7 Å². The van der Waals surface area contributed by atoms with E-state index in [0.29, 0.717) is 22.8 Å². The number of thiophene rings is 1. The number of allylic oxidation sites excluding steroid dienone is 2. The van der Waals surface area contributed by atoms with E-state index < -0.39 is 0 Å². The molecular weight excluding hydrogens is 384 g/mol. The number of carbonyl (C=O) groups is 1. The minimum absolute atomic E-state index is 0.0352. The summed E-state index contributed by atoms with van der Waals surface area (Å²) in [5.74, 6) is 1.02. The van der Waals surface area contributed by atoms with Crippen LogP contribution in [0.5, 0.6) is 11.5 Å². The molecule has 2 heterocycles. The van der Waals surface area contributed by atoms with Crippen molar-refractivity contribution in [3.8, 4) is 11.5 Å². The van der Waals surface area contributed by atoms with Crippen LogP contribution in [0.25, 0.3) is 5.70 Å². The van der Waals surface area contributed by atoms with Gasteiger partial charge in [-0.2, -0.15) is 0 Å². The first-order chi connectivity index (χ1) is 14.1. The molecule has 4 rings (SSSR count). The summed E-state index contributed by atoms with van der Waals surface area (Å²) >= 11 is 1.64. The van der Waals surface area contributed by atoms with Gasteiger partial charge in [0.05, 0.1) is 30.8 Å². The number of methoxy groups -OCH3 is 2. The summed E-state index contributed by atoms with van der Waals surface area (Å²) in [6.07, 6.45) is 8.15. The van der Waals surface area contributed by atoms with Crippen LogP contribution in [0.15, 0.2) is 76.7 Å². The SMILES string of the molecule is COc1ccc(NC(=O)C2=C3C=C(C)C=CC3NC(c3cccs3)=C2)cc1OC. The topological polar surface area (TPSA) is 59.6 Å². The second-order valence-corrected chi connectivity index (χ2v) is 7.75. The number of hydrogen-bond donors (Lipinski definition) is 2. The van der Waals surface area contributed by atoms with Gasteiger partial charge < -0.3 is 20.1 Å². The van der Waals surface area contributed by atoms with Crippen molar-refractivity contribution in [3.63, 3.8) is 0 Å². The van der Waals surface area contributed by atoms with Crippen LogP contribution in [0, 0.1) is 0 Å². The summed E-state index contributed by atoms with van der Waals surface area (Å²) in [6, 6.07) is 9.35. The number of ether oxygens (including phenoxy) is 2. The molecule has 1 unspecified atom stereocenters. The third-order valence-electron chi connectivity index (χ3n) is 4.85. The number of rotatable bonds is 5. The van der Waals surface area contributed by atoms with Crippen LogP contribution in [-0.4, -0.2) is 26.2 Å². The van der Waals surface area contributed by atoms with Gasteiger partial charge in [0.15, 0.2) is 11.5 Å². The summed E-state index contributed by atoms with van der Waals surface area (Å²) < 4.78 is 10.6. The summed E-state index contributed by atoms with van der Waals surface area (Å²) in [7, 11) is 3.16. The number of carbonyl (C=O) groups excluding carboxylic acids is 1. The Kier molecular flexibility index (Phi) is 5.27. The van der Waals surface area contributed by atoms with Gasteiger partial charge in [-0.3, -0.25) is 4.79 Å². The Hall–Kier alpha value is -3.25. The Labute approximate surface area is 174 Å². The fraction of sp³-hybridized carbons (Fsp3) is 0.174. The van der Waals surface area contributed by atoms with Crippen molar-refractivity contribution in [2.45, 2.75) is 13.0 Å². The van der Waals surface area contributed by atoms with Crippen LogP contribution in [0.3, 0.4) is 0 Å². The highest BCUT2D eigenvalue weighted by Crippen LogP contribution is 2.33. The summed E-state index contributed by atoms with van der Waals surface area (Å²) in [6.45, 7) is 2.03. The highest BCUT2D eigenvalue weighted by Gasteiger charge is 2.26. The van der Waals surface area contributed by atoms with Crippen LogP contribution >= 0.6 is 11.3 Å². The Morgan fingerprint density at radius 3 is 2.69 bits per heavy atom. The molecule has 1 aliphatic heterocycles. The van der Waals surface area contributed by atoms with Crippen molar-refractivity contribution < 1.29 is 14.3 Å². The second-order valence-electron chi connectivity index (χ2n) is 6.80. The second kappa shape index (κ2) is 8.01. The number of amides is 1. The van der Waals surface area contributed by atoms with E-state index in [2.05, 4.69) is 28.9 Å². The van der Waals surface area contributed by atoms with Crippen LogP contribution in [0.4, 0.5) is 5.69 Å². The molecule has 0 spiro atoms. The highest BCUT2D eigenvalue weighted by atomic mass is 32.1. The van der Waals surface area contributed by atoms with Gasteiger partial charge in [0.1, 0.15) is 0 Å². The number of dihydropyridines is 1. The van der Waals surface area contributed by atoms with E-state index in [1.54, 1.807) is 43.8 Å². The maximum Gasteiger partial charge on any atom is 0.256 e. The molecule has 0 bridgehead atoms. The van der Waals surface area contributed by atoms with Gasteiger partial charge in [0, 0.05) is 17.3 Å². The molecule has 1 aromatic carbocycles. The van der Waals surface area contributed by atoms with Gasteiger partial charge in [-0.25, -0.2) is 0 Å². The molecule has 2 N–H and O–H groups in total. The molecule has 1 aliphatic carbocycles. The summed E-state index contributed by atoms with van der Waals surface area (Å²) in [4.78, 5) is 14.3. The maximum absolute atomic E-state index is 13.2. The lowest BCUT2D eigenvalue weighted by molar-refractivity contribution is -0.112. The minimum Gasteiger partial charge on any atom is -0.493 e. The molecule has 0 saturated carbocycles. The number of hydrogen-bond acceptors (Lipinski definition) is 5. The van der Waals surface area contributed by atoms with Crippen LogP contribution in [0.1, 0.15) is 11.8 Å². The molecule has 0 saturated heterocycles. The van der Waals surface area contributed by atoms with Crippen LogP contribution < -0.4 is 20.1 Å². The van der Waals surface area contributed by atoms with E-state index in [-0.39, 0.29) is 11.9 Å². The molecule has 2 aromatic rings. The third kappa shape index (κ3) is 3.84. The van der Waals surface area contributed by atoms with Crippen LogP contribution in [-0.2, 0) is 4.79 Å². The van der Waals surface area contributed by atoms with E-state index in [1.807, 2.05) is 30.5 Å². The quantitative estimate of drug-likeness (QED) is 0.766. The Balaban J connectivity index is 1.70. The Bertz CT molecular complexity index is 1060. The zero-order valence-corrected chi connectivity index (χ0v) is 17.3. The molecule has 1 atom stereocenters. The average molecular weight is 407 g/mol. The van der Waals surface area contributed by atoms with Crippen molar-refractivity contribution in [2.24, 2.45) is 0 Å². The molecule has 2 aliphatic rings. The van der Waals surface area contributed by atoms with Crippen molar-refractivity contribution in [3.05, 3.63) is 81.6 Å². The first kappa shape index (κ1) is 19.1. The number of fused-ring (bicyclic) bond motifs is 1. The molecule has 0 radical (unpaired) electrons. The smallest absolute Gasteiger partial charge is 0.256 e. The highest BCUT2D eigenvalue weighted by molar-refractivity contribution is 7.11. The van der Waals surface area contributed by atoms with Gasteiger partial charge in [0.2, 0.25) is 0 Å². The summed E-state index contributed by atoms with van der Waals surface area (Å²) in [5.41, 5.74) is 4.32. The molecule has 6 heteroatoms. The molecule has 0 fully saturated rings. The fourth-order valence-corrected chi connectivity index (χ4v) is 4.13. The van der Waals surface area contributed by atoms with Crippen molar-refractivity contribution in [1.29, 1.82) is 0 Å². The van der Waals surface area contributed by atoms with Gasteiger partial charge in [-0.05, 0) is 42.2 Å². The molecule has 1 amide bonds. The first-order valence-electron chi connectivity index (χ1n) is 9.25. The van der Waals surface area contributed by atoms with Crippen molar-refractivity contribution in [1.82, 2.24) is 5.32 Å². The Morgan fingerprint density at radius 1 is 1.14 bits per heavy atom. The third-order valence-corrected chi connectivity index (χ3v) is 5.76. The Morgan fingerprint density at radius 2 is 1.97 bits per heavy atom. The zero-order chi connectivity index (χ0) is 20.4. The normalized spacial score (nSPS) is 17.7. The lowest BCUT2D eigenvalue weighted by atomic mass is 9.89. The van der Waals surface area contributed by atoms with Crippen LogP contribution in [0.2, 0.25) is 0 Å². The predicted octanol–water partition coefficient (Wildman–Crippen LogP) is 4.53. The predicted molar refractivity (Wildman–Crippen MR) is 117 cm³/mol. The fourth-order valence-electron chi connectivity index (χ4n) is 3.43. The van der Waals surface area contributed by atoms with Gasteiger partial charge in [0.25, 0.3) is 5.91 Å². The van der Waals surface area contributed by atoms with Gasteiger partial charge >= 0.3 is 0 Å². The lowest BCUT2D eigenvalue weighted by Gasteiger charge is -2.29. The lowest BCUT2D eigenvalue weighted by Crippen LogP contribution is -2.34. The molecule has 1 aromatic heterocycles. The van der Waals surface area contributed by atoms with Crippen molar-refractivity contribution >= 4 is 28.6 Å². The maximum atomic E-state index is 13.2. The van der Waals surface area contributed by atoms with E-state index in [4.69, 9.17) is 9.47 Å². The largest absolute Gasteiger partial charge is 0.493 e. The monoisotopic (exact) mass is 406 g/mol. The number of anilines is 1. The molecule has 148 valence electrons. The average Bonchev–Trinajstić information content (AvgIpc) is 3.27. The van der Waals surface area contributed by atoms with Crippen molar-refractivity contribution in [2.75, 3.05) is 19.5 Å². The van der Waals surface area contributed by atoms with Gasteiger partial charge in [-0.1, -0.05) is 29.9 Å². The number of benzene rings is 1.